The van der Waals surface area contributed by atoms with Crippen LogP contribution in [-0.2, 0) is 42.2 Å². The van der Waals surface area contributed by atoms with Crippen LogP contribution in [0.1, 0.15) is 0 Å². The fraction of sp³-hybridized carbons (Fsp3) is 0. The SMILES string of the molecule is [CH2-]OC=O.[Y]. The molecule has 0 heterocycles. The summed E-state index contributed by atoms with van der Waals surface area (Å²) in [6.07, 6.45) is 0. The van der Waals surface area contributed by atoms with Gasteiger partial charge in [-0.15, -0.1) is 0 Å². The summed E-state index contributed by atoms with van der Waals surface area (Å²) in [5.41, 5.74) is 0. The van der Waals surface area contributed by atoms with E-state index in [2.05, 4.69) is 11.8 Å². The van der Waals surface area contributed by atoms with Gasteiger partial charge in [-0.3, -0.25) is 4.79 Å². The Balaban J connectivity index is 0. The van der Waals surface area contributed by atoms with Gasteiger partial charge in [0.1, 0.15) is 0 Å². The molecule has 0 aliphatic carbocycles. The van der Waals surface area contributed by atoms with Gasteiger partial charge in [0.25, 0.3) is 6.47 Å². The largest absolute Gasteiger partial charge is 0.642 e. The van der Waals surface area contributed by atoms with Gasteiger partial charge in [-0.05, 0) is 0 Å². The number of rotatable bonds is 1. The summed E-state index contributed by atoms with van der Waals surface area (Å²) in [7, 11) is 2.74. The third kappa shape index (κ3) is 12.2. The molecule has 0 aromatic carbocycles. The van der Waals surface area contributed by atoms with E-state index < -0.39 is 0 Å². The van der Waals surface area contributed by atoms with Gasteiger partial charge in [-0.2, -0.15) is 7.11 Å². The standard InChI is InChI=1S/C2H3O2.Y/c1-4-2-3;/h2H,1H2;/q-1;. The summed E-state index contributed by atoms with van der Waals surface area (Å²) in [5.74, 6) is 0. The van der Waals surface area contributed by atoms with Gasteiger partial charge >= 0.3 is 0 Å². The summed E-state index contributed by atoms with van der Waals surface area (Å²) >= 11 is 0. The first kappa shape index (κ1) is 9.13. The number of carbonyl (C=O) groups excluding carboxylic acids is 1. The van der Waals surface area contributed by atoms with E-state index in [9.17, 15) is 0 Å². The summed E-state index contributed by atoms with van der Waals surface area (Å²) in [6, 6.07) is 0. The average molecular weight is 148 g/mol. The number of hydrogen-bond donors (Lipinski definition) is 0. The van der Waals surface area contributed by atoms with Gasteiger partial charge in [-0.25, -0.2) is 0 Å². The second-order valence-electron chi connectivity index (χ2n) is 0.263. The third-order valence-corrected chi connectivity index (χ3v) is 0.0680. The van der Waals surface area contributed by atoms with Crippen molar-refractivity contribution in [1.29, 1.82) is 0 Å². The van der Waals surface area contributed by atoms with Crippen molar-refractivity contribution in [3.8, 4) is 0 Å². The van der Waals surface area contributed by atoms with Crippen LogP contribution in [0.4, 0.5) is 0 Å². The summed E-state index contributed by atoms with van der Waals surface area (Å²) in [4.78, 5) is 8.89. The second kappa shape index (κ2) is 8.82. The molecule has 0 amide bonds. The Hall–Kier alpha value is 0.574. The normalized spacial score (nSPS) is 4.20. The van der Waals surface area contributed by atoms with Crippen molar-refractivity contribution in [1.82, 2.24) is 0 Å². The Bertz CT molecular complexity index is 21.6. The van der Waals surface area contributed by atoms with E-state index in [4.69, 9.17) is 4.79 Å². The van der Waals surface area contributed by atoms with Gasteiger partial charge in [0.15, 0.2) is 0 Å². The molecule has 0 saturated heterocycles. The molecule has 0 aromatic rings. The van der Waals surface area contributed by atoms with E-state index in [-0.39, 0.29) is 39.2 Å². The zero-order chi connectivity index (χ0) is 3.41. The maximum absolute atomic E-state index is 8.89. The van der Waals surface area contributed by atoms with Crippen molar-refractivity contribution in [2.24, 2.45) is 0 Å². The van der Waals surface area contributed by atoms with Crippen molar-refractivity contribution < 1.29 is 42.2 Å². The summed E-state index contributed by atoms with van der Waals surface area (Å²) in [5, 5.41) is 0. The van der Waals surface area contributed by atoms with Crippen LogP contribution in [0, 0.1) is 7.11 Å². The fourth-order valence-corrected chi connectivity index (χ4v) is 0. The van der Waals surface area contributed by atoms with Crippen molar-refractivity contribution in [2.45, 2.75) is 0 Å². The Morgan fingerprint density at radius 3 is 2.00 bits per heavy atom. The molecule has 0 saturated carbocycles. The second-order valence-corrected chi connectivity index (χ2v) is 0.263. The maximum Gasteiger partial charge on any atom is 0.261 e. The molecule has 3 heteroatoms. The van der Waals surface area contributed by atoms with E-state index in [0.29, 0.717) is 0 Å². The molecule has 0 aliphatic rings. The minimum absolute atomic E-state index is 0. The molecule has 0 unspecified atom stereocenters. The molecule has 0 aromatic heterocycles. The summed E-state index contributed by atoms with van der Waals surface area (Å²) < 4.78 is 3.61. The minimum Gasteiger partial charge on any atom is -0.642 e. The van der Waals surface area contributed by atoms with E-state index >= 15 is 0 Å². The van der Waals surface area contributed by atoms with E-state index in [0.717, 1.165) is 0 Å². The molecule has 0 spiro atoms. The quantitative estimate of drug-likeness (QED) is 0.384. The summed E-state index contributed by atoms with van der Waals surface area (Å²) in [6.45, 7) is 0.264. The van der Waals surface area contributed by atoms with Crippen molar-refractivity contribution in [2.75, 3.05) is 0 Å². The Morgan fingerprint density at radius 2 is 2.00 bits per heavy atom. The van der Waals surface area contributed by atoms with Crippen LogP contribution >= 0.6 is 0 Å². The van der Waals surface area contributed by atoms with Gasteiger partial charge in [0, 0.05) is 32.7 Å². The first-order chi connectivity index (χ1) is 1.91. The van der Waals surface area contributed by atoms with E-state index in [1.165, 1.54) is 0 Å². The zero-order valence-electron chi connectivity index (χ0n) is 2.68. The first-order valence-corrected chi connectivity index (χ1v) is 0.760. The van der Waals surface area contributed by atoms with Crippen molar-refractivity contribution >= 4 is 6.47 Å². The molecule has 1 radical (unpaired) electrons. The van der Waals surface area contributed by atoms with Crippen LogP contribution in [0.15, 0.2) is 0 Å². The molecule has 27 valence electrons. The van der Waals surface area contributed by atoms with Gasteiger partial charge in [-0.1, -0.05) is 0 Å². The number of hydrogen-bond acceptors (Lipinski definition) is 2. The molecule has 0 rings (SSSR count). The van der Waals surface area contributed by atoms with Gasteiger partial charge in [0.05, 0.1) is 0 Å². The third-order valence-electron chi connectivity index (χ3n) is 0.0680. The molecule has 0 fully saturated rings. The van der Waals surface area contributed by atoms with Crippen LogP contribution in [0.2, 0.25) is 0 Å². The monoisotopic (exact) mass is 148 g/mol. The van der Waals surface area contributed by atoms with Crippen LogP contribution in [-0.4, -0.2) is 6.47 Å². The molecular weight excluding hydrogens is 145 g/mol. The molecule has 2 nitrogen and oxygen atoms in total. The minimum atomic E-state index is 0. The predicted octanol–water partition coefficient (Wildman–Crippen LogP) is -0.0515. The molecule has 0 atom stereocenters. The van der Waals surface area contributed by atoms with Crippen LogP contribution in [0.3, 0.4) is 0 Å². The number of carbonyl (C=O) groups is 1. The molecule has 0 bridgehead atoms. The molecule has 0 N–H and O–H groups in total. The van der Waals surface area contributed by atoms with Gasteiger partial charge < -0.3 is 4.74 Å². The molecular formula is C2H3O2Y-. The van der Waals surface area contributed by atoms with Gasteiger partial charge in [0.2, 0.25) is 0 Å². The van der Waals surface area contributed by atoms with Crippen LogP contribution < -0.4 is 0 Å². The van der Waals surface area contributed by atoms with E-state index in [1.807, 2.05) is 0 Å². The number of ether oxygens (including phenoxy) is 1. The smallest absolute Gasteiger partial charge is 0.261 e. The Labute approximate surface area is 55.8 Å². The van der Waals surface area contributed by atoms with E-state index in [1.54, 1.807) is 0 Å². The Morgan fingerprint density at radius 1 is 1.80 bits per heavy atom. The fourth-order valence-electron chi connectivity index (χ4n) is 0. The molecule has 0 aliphatic heterocycles. The maximum atomic E-state index is 8.89. The van der Waals surface area contributed by atoms with Crippen molar-refractivity contribution in [3.63, 3.8) is 0 Å². The van der Waals surface area contributed by atoms with Crippen LogP contribution in [0.25, 0.3) is 0 Å². The topological polar surface area (TPSA) is 26.3 Å². The van der Waals surface area contributed by atoms with Crippen LogP contribution in [0.5, 0.6) is 0 Å². The Kier molecular flexibility index (Phi) is 16.1. The molecule has 5 heavy (non-hydrogen) atoms. The van der Waals surface area contributed by atoms with Crippen molar-refractivity contribution in [3.05, 3.63) is 7.11 Å². The first-order valence-electron chi connectivity index (χ1n) is 0.760. The zero-order valence-corrected chi connectivity index (χ0v) is 5.52. The average Bonchev–Trinajstić information content (AvgIpc) is 1.37. The predicted molar refractivity (Wildman–Crippen MR) is 12.5 cm³/mol.